The average Bonchev–Trinajstić information content (AvgIpc) is 2.86. The van der Waals surface area contributed by atoms with Crippen LogP contribution in [0.15, 0.2) is 0 Å². The Morgan fingerprint density at radius 1 is 1.50 bits per heavy atom. The molecule has 12 heavy (non-hydrogen) atoms. The molecule has 0 bridgehead atoms. The Kier molecular flexibility index (Phi) is 3.86. The predicted octanol–water partition coefficient (Wildman–Crippen LogP) is 2.02. The monoisotopic (exact) mass is 189 g/mol. The highest BCUT2D eigenvalue weighted by molar-refractivity contribution is 6.17. The minimum atomic E-state index is 0.280. The maximum atomic E-state index is 11.4. The fraction of sp³-hybridized carbons (Fsp3) is 0.889. The molecule has 3 heteroatoms. The van der Waals surface area contributed by atoms with E-state index in [-0.39, 0.29) is 5.91 Å². The van der Waals surface area contributed by atoms with Gasteiger partial charge < -0.3 is 4.90 Å². The third-order valence-corrected chi connectivity index (χ3v) is 2.53. The molecule has 0 N–H and O–H groups in total. The second-order valence-corrected chi connectivity index (χ2v) is 3.76. The molecule has 0 aliphatic heterocycles. The fourth-order valence-electron chi connectivity index (χ4n) is 1.21. The van der Waals surface area contributed by atoms with E-state index in [4.69, 9.17) is 11.6 Å². The van der Waals surface area contributed by atoms with Crippen molar-refractivity contribution < 1.29 is 4.79 Å². The lowest BCUT2D eigenvalue weighted by Gasteiger charge is -2.15. The van der Waals surface area contributed by atoms with E-state index in [9.17, 15) is 4.79 Å². The molecule has 1 aliphatic rings. The van der Waals surface area contributed by atoms with Crippen LogP contribution in [0.2, 0.25) is 0 Å². The lowest BCUT2D eigenvalue weighted by Crippen LogP contribution is -2.28. The first-order chi connectivity index (χ1) is 5.75. The van der Waals surface area contributed by atoms with Gasteiger partial charge in [-0.3, -0.25) is 4.79 Å². The second kappa shape index (κ2) is 4.70. The topological polar surface area (TPSA) is 20.3 Å². The first-order valence-corrected chi connectivity index (χ1v) is 5.10. The van der Waals surface area contributed by atoms with Gasteiger partial charge in [-0.25, -0.2) is 0 Å². The number of alkyl halides is 1. The van der Waals surface area contributed by atoms with Gasteiger partial charge in [-0.1, -0.05) is 0 Å². The number of amides is 1. The highest BCUT2D eigenvalue weighted by Gasteiger charge is 2.28. The third kappa shape index (κ3) is 3.02. The molecule has 0 aromatic heterocycles. The molecular formula is C9H16ClNO. The zero-order valence-electron chi connectivity index (χ0n) is 7.55. The van der Waals surface area contributed by atoms with Crippen molar-refractivity contribution in [3.05, 3.63) is 0 Å². The molecule has 70 valence electrons. The van der Waals surface area contributed by atoms with Crippen LogP contribution in [0.3, 0.4) is 0 Å². The molecule has 0 atom stereocenters. The molecule has 0 radical (unpaired) electrons. The molecule has 0 aromatic rings. The summed E-state index contributed by atoms with van der Waals surface area (Å²) in [6.07, 6.45) is 4.93. The zero-order valence-corrected chi connectivity index (χ0v) is 8.31. The van der Waals surface area contributed by atoms with Gasteiger partial charge in [0.1, 0.15) is 0 Å². The van der Waals surface area contributed by atoms with E-state index < -0.39 is 0 Å². The van der Waals surface area contributed by atoms with Crippen molar-refractivity contribution in [2.24, 2.45) is 0 Å². The standard InChI is InChI=1S/C9H16ClNO/c1-11(8-5-6-8)9(12)4-2-3-7-10/h8H,2-7H2,1H3. The molecule has 1 fully saturated rings. The van der Waals surface area contributed by atoms with Gasteiger partial charge in [-0.15, -0.1) is 11.6 Å². The third-order valence-electron chi connectivity index (χ3n) is 2.26. The summed E-state index contributed by atoms with van der Waals surface area (Å²) in [4.78, 5) is 13.3. The molecule has 2 nitrogen and oxygen atoms in total. The number of nitrogens with zero attached hydrogens (tertiary/aromatic N) is 1. The minimum Gasteiger partial charge on any atom is -0.343 e. The Hall–Kier alpha value is -0.240. The minimum absolute atomic E-state index is 0.280. The number of halogens is 1. The van der Waals surface area contributed by atoms with E-state index in [2.05, 4.69) is 0 Å². The van der Waals surface area contributed by atoms with E-state index in [1.807, 2.05) is 11.9 Å². The van der Waals surface area contributed by atoms with Crippen LogP contribution in [0.1, 0.15) is 32.1 Å². The molecule has 0 aromatic carbocycles. The summed E-state index contributed by atoms with van der Waals surface area (Å²) in [7, 11) is 1.90. The summed E-state index contributed by atoms with van der Waals surface area (Å²) in [5.74, 6) is 0.947. The molecule has 0 saturated heterocycles. The van der Waals surface area contributed by atoms with Gasteiger partial charge in [0.15, 0.2) is 0 Å². The predicted molar refractivity (Wildman–Crippen MR) is 50.4 cm³/mol. The van der Waals surface area contributed by atoms with Crippen molar-refractivity contribution >= 4 is 17.5 Å². The van der Waals surface area contributed by atoms with E-state index in [0.29, 0.717) is 18.3 Å². The van der Waals surface area contributed by atoms with Gasteiger partial charge in [0.25, 0.3) is 0 Å². The molecule has 1 aliphatic carbocycles. The van der Waals surface area contributed by atoms with Crippen molar-refractivity contribution in [2.45, 2.75) is 38.1 Å². The number of carbonyl (C=O) groups is 1. The Morgan fingerprint density at radius 3 is 2.67 bits per heavy atom. The van der Waals surface area contributed by atoms with Gasteiger partial charge in [0, 0.05) is 25.4 Å². The fourth-order valence-corrected chi connectivity index (χ4v) is 1.40. The first kappa shape index (κ1) is 9.85. The van der Waals surface area contributed by atoms with E-state index in [1.165, 1.54) is 12.8 Å². The maximum absolute atomic E-state index is 11.4. The quantitative estimate of drug-likeness (QED) is 0.479. The van der Waals surface area contributed by atoms with Crippen molar-refractivity contribution in [1.29, 1.82) is 0 Å². The Morgan fingerprint density at radius 2 is 2.17 bits per heavy atom. The highest BCUT2D eigenvalue weighted by Crippen LogP contribution is 2.25. The molecule has 1 saturated carbocycles. The van der Waals surface area contributed by atoms with Crippen LogP contribution in [0.5, 0.6) is 0 Å². The van der Waals surface area contributed by atoms with Crippen LogP contribution in [0.4, 0.5) is 0 Å². The Bertz CT molecular complexity index is 157. The van der Waals surface area contributed by atoms with Gasteiger partial charge >= 0.3 is 0 Å². The van der Waals surface area contributed by atoms with Gasteiger partial charge in [0.05, 0.1) is 0 Å². The molecule has 0 unspecified atom stereocenters. The summed E-state index contributed by atoms with van der Waals surface area (Å²) in [6.45, 7) is 0. The van der Waals surface area contributed by atoms with Crippen LogP contribution < -0.4 is 0 Å². The first-order valence-electron chi connectivity index (χ1n) is 4.57. The van der Waals surface area contributed by atoms with Gasteiger partial charge in [0.2, 0.25) is 5.91 Å². The van der Waals surface area contributed by atoms with E-state index >= 15 is 0 Å². The number of rotatable bonds is 5. The molecule has 1 rings (SSSR count). The van der Waals surface area contributed by atoms with Crippen molar-refractivity contribution in [3.8, 4) is 0 Å². The van der Waals surface area contributed by atoms with Gasteiger partial charge in [-0.05, 0) is 25.7 Å². The summed E-state index contributed by atoms with van der Waals surface area (Å²) in [6, 6.07) is 0.550. The van der Waals surface area contributed by atoms with Crippen molar-refractivity contribution in [1.82, 2.24) is 4.90 Å². The number of carbonyl (C=O) groups excluding carboxylic acids is 1. The summed E-state index contributed by atoms with van der Waals surface area (Å²) in [5.41, 5.74) is 0. The van der Waals surface area contributed by atoms with Crippen molar-refractivity contribution in [3.63, 3.8) is 0 Å². The lowest BCUT2D eigenvalue weighted by atomic mass is 10.2. The van der Waals surface area contributed by atoms with E-state index in [1.54, 1.807) is 0 Å². The smallest absolute Gasteiger partial charge is 0.222 e. The number of hydrogen-bond acceptors (Lipinski definition) is 1. The molecular weight excluding hydrogens is 174 g/mol. The number of hydrogen-bond donors (Lipinski definition) is 0. The van der Waals surface area contributed by atoms with Crippen molar-refractivity contribution in [2.75, 3.05) is 12.9 Å². The molecule has 0 heterocycles. The summed E-state index contributed by atoms with van der Waals surface area (Å²) < 4.78 is 0. The van der Waals surface area contributed by atoms with E-state index in [0.717, 1.165) is 12.8 Å². The summed E-state index contributed by atoms with van der Waals surface area (Å²) >= 11 is 5.51. The van der Waals surface area contributed by atoms with Crippen LogP contribution in [-0.4, -0.2) is 29.8 Å². The SMILES string of the molecule is CN(C(=O)CCCCCl)C1CC1. The van der Waals surface area contributed by atoms with Gasteiger partial charge in [-0.2, -0.15) is 0 Å². The van der Waals surface area contributed by atoms with Crippen LogP contribution in [0.25, 0.3) is 0 Å². The van der Waals surface area contributed by atoms with Crippen LogP contribution in [-0.2, 0) is 4.79 Å². The Balaban J connectivity index is 2.09. The van der Waals surface area contributed by atoms with Crippen LogP contribution >= 0.6 is 11.6 Å². The maximum Gasteiger partial charge on any atom is 0.222 e. The van der Waals surface area contributed by atoms with Crippen LogP contribution in [0, 0.1) is 0 Å². The normalized spacial score (nSPS) is 16.2. The molecule has 0 spiro atoms. The number of unbranched alkanes of at least 4 members (excludes halogenated alkanes) is 1. The average molecular weight is 190 g/mol. The zero-order chi connectivity index (χ0) is 8.97. The Labute approximate surface area is 78.9 Å². The summed E-state index contributed by atoms with van der Waals surface area (Å²) in [5, 5.41) is 0. The molecule has 1 amide bonds. The highest BCUT2D eigenvalue weighted by atomic mass is 35.5. The lowest BCUT2D eigenvalue weighted by molar-refractivity contribution is -0.130. The largest absolute Gasteiger partial charge is 0.343 e. The second-order valence-electron chi connectivity index (χ2n) is 3.38.